The first-order chi connectivity index (χ1) is 23.3. The van der Waals surface area contributed by atoms with E-state index in [1.54, 1.807) is 0 Å². The van der Waals surface area contributed by atoms with Crippen LogP contribution in [0.2, 0.25) is 0 Å². The summed E-state index contributed by atoms with van der Waals surface area (Å²) in [4.78, 5) is 0. The molecule has 4 nitrogen and oxygen atoms in total. The molecular formula is C43H33BO4. The van der Waals surface area contributed by atoms with Gasteiger partial charge in [0.25, 0.3) is 0 Å². The van der Waals surface area contributed by atoms with Crippen molar-refractivity contribution in [3.8, 4) is 33.8 Å². The Balaban J connectivity index is 1.37. The maximum Gasteiger partial charge on any atom is 0.494 e. The molecule has 7 aromatic rings. The minimum atomic E-state index is -0.762. The molecule has 1 atom stereocenters. The summed E-state index contributed by atoms with van der Waals surface area (Å²) in [5.41, 5.74) is 10.2. The predicted octanol–water partition coefficient (Wildman–Crippen LogP) is 10.0. The number of ether oxygens (including phenoxy) is 1. The van der Waals surface area contributed by atoms with Gasteiger partial charge in [-0.1, -0.05) is 103 Å². The van der Waals surface area contributed by atoms with Crippen molar-refractivity contribution < 1.29 is 18.5 Å². The Hall–Kier alpha value is -5.10. The highest BCUT2D eigenvalue weighted by Crippen LogP contribution is 2.61. The van der Waals surface area contributed by atoms with Crippen molar-refractivity contribution in [2.24, 2.45) is 0 Å². The average Bonchev–Trinajstić information content (AvgIpc) is 3.53. The lowest BCUT2D eigenvalue weighted by atomic mass is 9.61. The van der Waals surface area contributed by atoms with Crippen molar-refractivity contribution in [3.63, 3.8) is 0 Å². The zero-order chi connectivity index (χ0) is 32.4. The fraction of sp³-hybridized carbons (Fsp3) is 0.163. The molecule has 0 saturated carbocycles. The van der Waals surface area contributed by atoms with Crippen LogP contribution in [0, 0.1) is 0 Å². The van der Waals surface area contributed by atoms with Crippen LogP contribution in [0.3, 0.4) is 0 Å². The zero-order valence-corrected chi connectivity index (χ0v) is 27.3. The van der Waals surface area contributed by atoms with E-state index in [1.165, 1.54) is 22.3 Å². The highest BCUT2D eigenvalue weighted by atomic mass is 16.7. The number of benzene rings is 6. The lowest BCUT2D eigenvalue weighted by Crippen LogP contribution is -2.41. The van der Waals surface area contributed by atoms with Gasteiger partial charge in [0.2, 0.25) is 0 Å². The van der Waals surface area contributed by atoms with Crippen LogP contribution in [0.15, 0.2) is 132 Å². The molecular weight excluding hydrogens is 591 g/mol. The Bertz CT molecular complexity index is 2460. The standard InChI is InChI=1S/C43H33BO4/c1-41(2)42(3,4)48-44(47-41)26-21-22-30-28-14-6-5-13-27(28)29-15-7-9-17-33(29)43(35(30)23-26)34-18-10-12-20-38(34)46-40-24-32-31-16-8-11-19-37(31)45-39(32)25-36(40)43/h5-25H,1-4H3. The van der Waals surface area contributed by atoms with Gasteiger partial charge in [0.1, 0.15) is 22.7 Å². The molecule has 1 aromatic heterocycles. The van der Waals surface area contributed by atoms with Gasteiger partial charge in [-0.2, -0.15) is 0 Å². The number of furan rings is 1. The highest BCUT2D eigenvalue weighted by Gasteiger charge is 2.53. The third kappa shape index (κ3) is 3.58. The van der Waals surface area contributed by atoms with Crippen LogP contribution < -0.4 is 10.2 Å². The molecule has 3 aliphatic rings. The molecule has 2 aliphatic heterocycles. The van der Waals surface area contributed by atoms with E-state index in [4.69, 9.17) is 18.5 Å². The molecule has 1 spiro atoms. The van der Waals surface area contributed by atoms with E-state index >= 15 is 0 Å². The summed E-state index contributed by atoms with van der Waals surface area (Å²) in [6.45, 7) is 8.42. The van der Waals surface area contributed by atoms with Gasteiger partial charge in [-0.05, 0) is 90.8 Å². The van der Waals surface area contributed by atoms with E-state index in [-0.39, 0.29) is 0 Å². The second-order valence-electron chi connectivity index (χ2n) is 14.3. The minimum Gasteiger partial charge on any atom is -0.457 e. The Morgan fingerprint density at radius 1 is 0.458 bits per heavy atom. The van der Waals surface area contributed by atoms with Crippen molar-refractivity contribution in [3.05, 3.63) is 150 Å². The first-order valence-corrected chi connectivity index (χ1v) is 16.7. The van der Waals surface area contributed by atoms with Crippen LogP contribution in [-0.2, 0) is 14.7 Å². The summed E-state index contributed by atoms with van der Waals surface area (Å²) in [6, 6.07) is 45.5. The SMILES string of the molecule is CC1(C)OB(c2ccc3c(c2)C2(c4ccccc4Oc4cc5c(cc42)oc2ccccc25)c2ccccc2-c2ccccc2-3)OC1(C)C. The van der Waals surface area contributed by atoms with Crippen molar-refractivity contribution in [1.82, 2.24) is 0 Å². The van der Waals surface area contributed by atoms with Gasteiger partial charge < -0.3 is 18.5 Å². The summed E-state index contributed by atoms with van der Waals surface area (Å²) >= 11 is 0. The summed E-state index contributed by atoms with van der Waals surface area (Å²) in [7, 11) is -0.515. The van der Waals surface area contributed by atoms with Gasteiger partial charge in [0.15, 0.2) is 0 Å². The van der Waals surface area contributed by atoms with Gasteiger partial charge in [-0.25, -0.2) is 0 Å². The second kappa shape index (κ2) is 9.50. The first kappa shape index (κ1) is 28.0. The van der Waals surface area contributed by atoms with Crippen molar-refractivity contribution in [2.45, 2.75) is 44.3 Å². The molecule has 232 valence electrons. The highest BCUT2D eigenvalue weighted by molar-refractivity contribution is 6.62. The number of hydrogen-bond acceptors (Lipinski definition) is 4. The first-order valence-electron chi connectivity index (χ1n) is 16.7. The Labute approximate surface area is 280 Å². The normalized spacial score (nSPS) is 19.6. The molecule has 1 aliphatic carbocycles. The Kier molecular flexibility index (Phi) is 5.54. The van der Waals surface area contributed by atoms with E-state index in [0.717, 1.165) is 61.2 Å². The van der Waals surface area contributed by atoms with Gasteiger partial charge >= 0.3 is 7.12 Å². The molecule has 5 heteroatoms. The number of para-hydroxylation sites is 2. The van der Waals surface area contributed by atoms with Crippen molar-refractivity contribution in [1.29, 1.82) is 0 Å². The van der Waals surface area contributed by atoms with Crippen LogP contribution in [0.5, 0.6) is 11.5 Å². The van der Waals surface area contributed by atoms with Crippen LogP contribution >= 0.6 is 0 Å². The summed E-state index contributed by atoms with van der Waals surface area (Å²) < 4.78 is 26.7. The third-order valence-electron chi connectivity index (χ3n) is 11.2. The van der Waals surface area contributed by atoms with Crippen molar-refractivity contribution >= 4 is 34.5 Å². The molecule has 3 heterocycles. The van der Waals surface area contributed by atoms with Crippen molar-refractivity contribution in [2.75, 3.05) is 0 Å². The molecule has 1 saturated heterocycles. The van der Waals surface area contributed by atoms with Gasteiger partial charge in [-0.3, -0.25) is 0 Å². The molecule has 0 radical (unpaired) electrons. The maximum atomic E-state index is 6.87. The number of rotatable bonds is 1. The fourth-order valence-electron chi connectivity index (χ4n) is 8.21. The van der Waals surface area contributed by atoms with Gasteiger partial charge in [0, 0.05) is 21.9 Å². The molecule has 1 fully saturated rings. The van der Waals surface area contributed by atoms with Crippen LogP contribution in [-0.4, -0.2) is 18.3 Å². The largest absolute Gasteiger partial charge is 0.494 e. The molecule has 0 amide bonds. The molecule has 6 aromatic carbocycles. The number of fused-ring (bicyclic) bond motifs is 14. The lowest BCUT2D eigenvalue weighted by molar-refractivity contribution is 0.00578. The summed E-state index contributed by atoms with van der Waals surface area (Å²) in [6.07, 6.45) is 0. The van der Waals surface area contributed by atoms with Gasteiger partial charge in [-0.15, -0.1) is 0 Å². The summed E-state index contributed by atoms with van der Waals surface area (Å²) in [5, 5.41) is 2.11. The molecule has 10 rings (SSSR count). The topological polar surface area (TPSA) is 40.8 Å². The Morgan fingerprint density at radius 3 is 1.85 bits per heavy atom. The average molecular weight is 625 g/mol. The van der Waals surface area contributed by atoms with Crippen LogP contribution in [0.25, 0.3) is 44.2 Å². The number of hydrogen-bond donors (Lipinski definition) is 0. The summed E-state index contributed by atoms with van der Waals surface area (Å²) in [5.74, 6) is 1.66. The lowest BCUT2D eigenvalue weighted by Gasteiger charge is -2.42. The van der Waals surface area contributed by atoms with E-state index in [9.17, 15) is 0 Å². The minimum absolute atomic E-state index is 0.466. The predicted molar refractivity (Wildman–Crippen MR) is 192 cm³/mol. The second-order valence-corrected chi connectivity index (χ2v) is 14.3. The molecule has 1 unspecified atom stereocenters. The third-order valence-corrected chi connectivity index (χ3v) is 11.2. The molecule has 48 heavy (non-hydrogen) atoms. The van der Waals surface area contributed by atoms with Crippen LogP contribution in [0.4, 0.5) is 0 Å². The monoisotopic (exact) mass is 624 g/mol. The molecule has 0 N–H and O–H groups in total. The fourth-order valence-corrected chi connectivity index (χ4v) is 8.21. The van der Waals surface area contributed by atoms with E-state index in [2.05, 4.69) is 143 Å². The van der Waals surface area contributed by atoms with Gasteiger partial charge in [0.05, 0.1) is 16.6 Å². The van der Waals surface area contributed by atoms with E-state index in [0.29, 0.717) is 0 Å². The quantitative estimate of drug-likeness (QED) is 0.171. The zero-order valence-electron chi connectivity index (χ0n) is 27.3. The van der Waals surface area contributed by atoms with E-state index < -0.39 is 23.7 Å². The van der Waals surface area contributed by atoms with Crippen LogP contribution in [0.1, 0.15) is 49.9 Å². The molecule has 0 bridgehead atoms. The Morgan fingerprint density at radius 2 is 1.08 bits per heavy atom. The maximum absolute atomic E-state index is 6.87. The smallest absolute Gasteiger partial charge is 0.457 e. The van der Waals surface area contributed by atoms with E-state index in [1.807, 2.05) is 12.1 Å².